The monoisotopic (exact) mass is 303 g/mol. The second-order valence-corrected chi connectivity index (χ2v) is 6.42. The fraction of sp³-hybridized carbons (Fsp3) is 0.250. The number of nitrogen functional groups attached to an aromatic ring is 1. The molecule has 0 radical (unpaired) electrons. The molecule has 0 saturated heterocycles. The lowest BCUT2D eigenvalue weighted by atomic mass is 10.2. The standard InChI is InChI=1S/C16H17NO3S/c17-13-3-1-12(2-4-13)7-10-21(18)14-5-6-15-16(11-14)20-9-8-19-15/h1-6,11H,7-10,17H2. The van der Waals surface area contributed by atoms with Crippen LogP contribution in [0.4, 0.5) is 5.69 Å². The lowest BCUT2D eigenvalue weighted by Gasteiger charge is -2.18. The van der Waals surface area contributed by atoms with Crippen LogP contribution >= 0.6 is 0 Å². The van der Waals surface area contributed by atoms with Crippen molar-refractivity contribution in [3.05, 3.63) is 48.0 Å². The average molecular weight is 303 g/mol. The first kappa shape index (κ1) is 13.9. The Morgan fingerprint density at radius 3 is 2.48 bits per heavy atom. The Morgan fingerprint density at radius 1 is 1.00 bits per heavy atom. The molecule has 3 rings (SSSR count). The van der Waals surface area contributed by atoms with Gasteiger partial charge in [-0.3, -0.25) is 4.21 Å². The molecule has 1 heterocycles. The van der Waals surface area contributed by atoms with Crippen molar-refractivity contribution < 1.29 is 13.7 Å². The Morgan fingerprint density at radius 2 is 1.71 bits per heavy atom. The summed E-state index contributed by atoms with van der Waals surface area (Å²) < 4.78 is 23.3. The second-order valence-electron chi connectivity index (χ2n) is 4.85. The molecular weight excluding hydrogens is 286 g/mol. The number of rotatable bonds is 4. The van der Waals surface area contributed by atoms with Crippen molar-refractivity contribution in [1.82, 2.24) is 0 Å². The number of aryl methyl sites for hydroxylation is 1. The highest BCUT2D eigenvalue weighted by Crippen LogP contribution is 2.31. The summed E-state index contributed by atoms with van der Waals surface area (Å²) in [5, 5.41) is 0. The Kier molecular flexibility index (Phi) is 4.10. The molecule has 2 aromatic carbocycles. The van der Waals surface area contributed by atoms with Crippen LogP contribution in [0.2, 0.25) is 0 Å². The first-order chi connectivity index (χ1) is 10.2. The Balaban J connectivity index is 1.66. The van der Waals surface area contributed by atoms with Crippen LogP contribution in [0.3, 0.4) is 0 Å². The maximum absolute atomic E-state index is 12.4. The van der Waals surface area contributed by atoms with Crippen molar-refractivity contribution >= 4 is 16.5 Å². The zero-order valence-corrected chi connectivity index (χ0v) is 12.4. The number of fused-ring (bicyclic) bond motifs is 1. The van der Waals surface area contributed by atoms with Gasteiger partial charge in [-0.2, -0.15) is 0 Å². The Hall–Kier alpha value is -2.01. The fourth-order valence-corrected chi connectivity index (χ4v) is 3.29. The van der Waals surface area contributed by atoms with Gasteiger partial charge in [-0.25, -0.2) is 0 Å². The van der Waals surface area contributed by atoms with Gasteiger partial charge in [0.25, 0.3) is 0 Å². The molecule has 0 aromatic heterocycles. The molecule has 0 amide bonds. The smallest absolute Gasteiger partial charge is 0.162 e. The first-order valence-electron chi connectivity index (χ1n) is 6.85. The predicted octanol–water partition coefficient (Wildman–Crippen LogP) is 2.39. The summed E-state index contributed by atoms with van der Waals surface area (Å²) in [6.45, 7) is 1.10. The van der Waals surface area contributed by atoms with E-state index in [4.69, 9.17) is 15.2 Å². The highest BCUT2D eigenvalue weighted by atomic mass is 32.2. The van der Waals surface area contributed by atoms with Crippen LogP contribution in [0.5, 0.6) is 11.5 Å². The summed E-state index contributed by atoms with van der Waals surface area (Å²) in [7, 11) is -1.05. The van der Waals surface area contributed by atoms with Crippen LogP contribution in [-0.4, -0.2) is 23.2 Å². The highest BCUT2D eigenvalue weighted by Gasteiger charge is 2.14. The summed E-state index contributed by atoms with van der Waals surface area (Å²) in [4.78, 5) is 0.773. The topological polar surface area (TPSA) is 61.6 Å². The molecular formula is C16H17NO3S. The van der Waals surface area contributed by atoms with E-state index in [1.165, 1.54) is 0 Å². The van der Waals surface area contributed by atoms with E-state index in [1.807, 2.05) is 42.5 Å². The fourth-order valence-electron chi connectivity index (χ4n) is 2.18. The molecule has 5 heteroatoms. The van der Waals surface area contributed by atoms with Gasteiger partial charge in [0, 0.05) is 22.4 Å². The van der Waals surface area contributed by atoms with E-state index >= 15 is 0 Å². The third-order valence-electron chi connectivity index (χ3n) is 3.33. The molecule has 2 aromatic rings. The Bertz CT molecular complexity index is 655. The molecule has 0 spiro atoms. The van der Waals surface area contributed by atoms with Crippen molar-refractivity contribution in [2.45, 2.75) is 11.3 Å². The summed E-state index contributed by atoms with van der Waals surface area (Å²) in [6, 6.07) is 13.1. The Labute approximate surface area is 126 Å². The van der Waals surface area contributed by atoms with Crippen LogP contribution in [-0.2, 0) is 17.2 Å². The van der Waals surface area contributed by atoms with Gasteiger partial charge in [-0.15, -0.1) is 0 Å². The van der Waals surface area contributed by atoms with E-state index in [1.54, 1.807) is 0 Å². The molecule has 1 atom stereocenters. The summed E-state index contributed by atoms with van der Waals surface area (Å²) in [5.74, 6) is 1.98. The van der Waals surface area contributed by atoms with Crippen LogP contribution in [0.1, 0.15) is 5.56 Å². The third-order valence-corrected chi connectivity index (χ3v) is 4.69. The van der Waals surface area contributed by atoms with Crippen molar-refractivity contribution in [2.24, 2.45) is 0 Å². The van der Waals surface area contributed by atoms with E-state index in [0.717, 1.165) is 28.3 Å². The maximum Gasteiger partial charge on any atom is 0.162 e. The van der Waals surface area contributed by atoms with Gasteiger partial charge >= 0.3 is 0 Å². The van der Waals surface area contributed by atoms with Crippen molar-refractivity contribution in [3.8, 4) is 11.5 Å². The number of ether oxygens (including phenoxy) is 2. The SMILES string of the molecule is Nc1ccc(CCS(=O)c2ccc3c(c2)OCCO3)cc1. The number of nitrogens with two attached hydrogens (primary N) is 1. The van der Waals surface area contributed by atoms with Gasteiger partial charge in [0.1, 0.15) is 13.2 Å². The van der Waals surface area contributed by atoms with Crippen LogP contribution in [0, 0.1) is 0 Å². The highest BCUT2D eigenvalue weighted by molar-refractivity contribution is 7.85. The summed E-state index contributed by atoms with van der Waals surface area (Å²) in [6.07, 6.45) is 0.751. The van der Waals surface area contributed by atoms with Crippen molar-refractivity contribution in [1.29, 1.82) is 0 Å². The molecule has 0 saturated carbocycles. The van der Waals surface area contributed by atoms with Crippen LogP contribution < -0.4 is 15.2 Å². The van der Waals surface area contributed by atoms with E-state index in [2.05, 4.69) is 0 Å². The minimum Gasteiger partial charge on any atom is -0.486 e. The van der Waals surface area contributed by atoms with Gasteiger partial charge in [0.05, 0.1) is 10.8 Å². The van der Waals surface area contributed by atoms with Crippen LogP contribution in [0.15, 0.2) is 47.4 Å². The molecule has 1 aliphatic rings. The minimum absolute atomic E-state index is 0.536. The van der Waals surface area contributed by atoms with E-state index < -0.39 is 10.8 Å². The third kappa shape index (κ3) is 3.36. The number of hydrogen-bond acceptors (Lipinski definition) is 4. The average Bonchev–Trinajstić information content (AvgIpc) is 2.53. The van der Waals surface area contributed by atoms with Crippen LogP contribution in [0.25, 0.3) is 0 Å². The molecule has 0 fully saturated rings. The number of hydrogen-bond donors (Lipinski definition) is 1. The molecule has 4 nitrogen and oxygen atoms in total. The molecule has 1 unspecified atom stereocenters. The molecule has 2 N–H and O–H groups in total. The summed E-state index contributed by atoms with van der Waals surface area (Å²) >= 11 is 0. The zero-order valence-electron chi connectivity index (χ0n) is 11.6. The van der Waals surface area contributed by atoms with E-state index in [0.29, 0.717) is 24.7 Å². The first-order valence-corrected chi connectivity index (χ1v) is 8.17. The molecule has 1 aliphatic heterocycles. The van der Waals surface area contributed by atoms with E-state index in [-0.39, 0.29) is 0 Å². The summed E-state index contributed by atoms with van der Waals surface area (Å²) in [5.41, 5.74) is 7.53. The normalized spacial score (nSPS) is 14.7. The largest absolute Gasteiger partial charge is 0.486 e. The maximum atomic E-state index is 12.4. The number of anilines is 1. The zero-order chi connectivity index (χ0) is 14.7. The molecule has 0 aliphatic carbocycles. The van der Waals surface area contributed by atoms with Crippen molar-refractivity contribution in [3.63, 3.8) is 0 Å². The van der Waals surface area contributed by atoms with Crippen molar-refractivity contribution in [2.75, 3.05) is 24.7 Å². The lowest BCUT2D eigenvalue weighted by molar-refractivity contribution is 0.171. The minimum atomic E-state index is -1.05. The van der Waals surface area contributed by atoms with Gasteiger partial charge < -0.3 is 15.2 Å². The lowest BCUT2D eigenvalue weighted by Crippen LogP contribution is -2.15. The molecule has 110 valence electrons. The molecule has 0 bridgehead atoms. The quantitative estimate of drug-likeness (QED) is 0.881. The number of benzene rings is 2. The molecule has 21 heavy (non-hydrogen) atoms. The predicted molar refractivity (Wildman–Crippen MR) is 83.3 cm³/mol. The van der Waals surface area contributed by atoms with Gasteiger partial charge in [0.15, 0.2) is 11.5 Å². The van der Waals surface area contributed by atoms with Gasteiger partial charge in [-0.1, -0.05) is 12.1 Å². The van der Waals surface area contributed by atoms with Gasteiger partial charge in [-0.05, 0) is 36.2 Å². The van der Waals surface area contributed by atoms with E-state index in [9.17, 15) is 4.21 Å². The second kappa shape index (κ2) is 6.18. The van der Waals surface area contributed by atoms with Gasteiger partial charge in [0.2, 0.25) is 0 Å².